The Morgan fingerprint density at radius 1 is 0.815 bits per heavy atom. The summed E-state index contributed by atoms with van der Waals surface area (Å²) in [5.74, 6) is -1.09. The van der Waals surface area contributed by atoms with Gasteiger partial charge in [-0.25, -0.2) is 0 Å². The van der Waals surface area contributed by atoms with Crippen molar-refractivity contribution < 1.29 is 49.4 Å². The molecule has 0 atom stereocenters. The molecule has 0 amide bonds. The molecule has 7 heteroatoms. The average molecular weight is 424 g/mol. The van der Waals surface area contributed by atoms with Gasteiger partial charge >= 0.3 is 19.5 Å². The Bertz CT molecular complexity index is 708. The molecule has 0 saturated carbocycles. The van der Waals surface area contributed by atoms with E-state index >= 15 is 0 Å². The fourth-order valence-corrected chi connectivity index (χ4v) is 2.15. The van der Waals surface area contributed by atoms with E-state index in [0.29, 0.717) is 12.8 Å². The van der Waals surface area contributed by atoms with Crippen molar-refractivity contribution in [2.75, 3.05) is 14.2 Å². The molecule has 0 aliphatic rings. The topological polar surface area (TPSA) is 105 Å². The van der Waals surface area contributed by atoms with Gasteiger partial charge in [-0.05, 0) is 36.1 Å². The van der Waals surface area contributed by atoms with Gasteiger partial charge in [0.2, 0.25) is 0 Å². The Labute approximate surface area is 171 Å². The predicted molar refractivity (Wildman–Crippen MR) is 96.0 cm³/mol. The number of hydrogen-bond acceptors (Lipinski definition) is 6. The van der Waals surface area contributed by atoms with Crippen LogP contribution >= 0.6 is 0 Å². The molecule has 0 heterocycles. The molecular weight excluding hydrogens is 402 g/mol. The Morgan fingerprint density at radius 3 is 1.41 bits per heavy atom. The van der Waals surface area contributed by atoms with Gasteiger partial charge in [0.05, 0.1) is 14.2 Å². The Hall–Kier alpha value is -2.66. The summed E-state index contributed by atoms with van der Waals surface area (Å²) in [4.78, 5) is 0. The van der Waals surface area contributed by atoms with E-state index in [4.69, 9.17) is 9.47 Å². The van der Waals surface area contributed by atoms with E-state index in [9.17, 15) is 20.4 Å². The van der Waals surface area contributed by atoms with Gasteiger partial charge in [0, 0.05) is 0 Å². The zero-order valence-corrected chi connectivity index (χ0v) is 18.5. The third-order valence-corrected chi connectivity index (χ3v) is 3.40. The largest absolute Gasteiger partial charge is 2.00 e. The molecule has 0 radical (unpaired) electrons. The molecule has 27 heavy (non-hydrogen) atoms. The molecular formula is C20H22O6Zn. The maximum atomic E-state index is 11.1. The summed E-state index contributed by atoms with van der Waals surface area (Å²) in [7, 11) is 2.82. The van der Waals surface area contributed by atoms with Gasteiger partial charge in [-0.3, -0.25) is 0 Å². The van der Waals surface area contributed by atoms with Gasteiger partial charge in [0.1, 0.15) is 11.5 Å². The van der Waals surface area contributed by atoms with Crippen molar-refractivity contribution in [3.63, 3.8) is 0 Å². The predicted octanol–water partition coefficient (Wildman–Crippen LogP) is 2.40. The molecule has 2 aromatic carbocycles. The summed E-state index contributed by atoms with van der Waals surface area (Å²) >= 11 is 0. The molecule has 0 saturated heterocycles. The maximum absolute atomic E-state index is 11.1. The fourth-order valence-electron chi connectivity index (χ4n) is 2.15. The molecule has 6 nitrogen and oxygen atoms in total. The second kappa shape index (κ2) is 11.9. The molecule has 2 N–H and O–H groups in total. The van der Waals surface area contributed by atoms with Crippen molar-refractivity contribution in [3.05, 3.63) is 60.7 Å². The van der Waals surface area contributed by atoms with E-state index in [0.717, 1.165) is 11.1 Å². The Balaban J connectivity index is 0.000000483. The van der Waals surface area contributed by atoms with Crippen molar-refractivity contribution in [2.24, 2.45) is 0 Å². The van der Waals surface area contributed by atoms with Crippen LogP contribution in [0.4, 0.5) is 0 Å². The van der Waals surface area contributed by atoms with E-state index in [2.05, 4.69) is 13.2 Å². The maximum Gasteiger partial charge on any atom is 2.00 e. The van der Waals surface area contributed by atoms with Crippen LogP contribution in [0, 0.1) is 0 Å². The van der Waals surface area contributed by atoms with E-state index in [1.54, 1.807) is 24.3 Å². The Morgan fingerprint density at radius 2 is 1.15 bits per heavy atom. The molecule has 0 aliphatic carbocycles. The first-order valence-electron chi connectivity index (χ1n) is 7.73. The second-order valence-corrected chi connectivity index (χ2v) is 5.28. The van der Waals surface area contributed by atoms with Crippen LogP contribution in [0.25, 0.3) is 0 Å². The average Bonchev–Trinajstić information content (AvgIpc) is 2.62. The van der Waals surface area contributed by atoms with E-state index in [1.807, 2.05) is 0 Å². The summed E-state index contributed by atoms with van der Waals surface area (Å²) in [6.07, 6.45) is 4.55. The minimum absolute atomic E-state index is 0. The number of allylic oxidation sites excluding steroid dienone is 2. The number of phenols is 2. The molecule has 2 aromatic rings. The van der Waals surface area contributed by atoms with Gasteiger partial charge in [0.15, 0.2) is 11.5 Å². The number of benzene rings is 2. The summed E-state index contributed by atoms with van der Waals surface area (Å²) in [6.45, 7) is 7.12. The zero-order valence-electron chi connectivity index (χ0n) is 15.5. The molecule has 2 rings (SSSR count). The number of ether oxygens (including phenoxy) is 2. The van der Waals surface area contributed by atoms with Crippen LogP contribution in [0.2, 0.25) is 0 Å². The standard InChI is InChI=1S/2C10H12O3.Zn/c2*1-3-4-7-5-8(11)10(12)9(6-7)13-2;/h2*3,5-6,11-12H,1,4H2,2H3;/q;;+2/p-2. The fraction of sp³-hybridized carbons (Fsp3) is 0.200. The molecule has 140 valence electrons. The van der Waals surface area contributed by atoms with Gasteiger partial charge in [-0.15, -0.1) is 13.2 Å². The third-order valence-electron chi connectivity index (χ3n) is 3.40. The first-order chi connectivity index (χ1) is 12.4. The van der Waals surface area contributed by atoms with Crippen molar-refractivity contribution in [3.8, 4) is 34.5 Å². The van der Waals surface area contributed by atoms with Gasteiger partial charge in [0.25, 0.3) is 0 Å². The zero-order chi connectivity index (χ0) is 19.7. The number of methoxy groups -OCH3 is 2. The quantitative estimate of drug-likeness (QED) is 0.546. The van der Waals surface area contributed by atoms with Crippen molar-refractivity contribution >= 4 is 0 Å². The van der Waals surface area contributed by atoms with Crippen molar-refractivity contribution in [1.82, 2.24) is 0 Å². The van der Waals surface area contributed by atoms with Crippen LogP contribution in [-0.4, -0.2) is 24.4 Å². The second-order valence-electron chi connectivity index (χ2n) is 5.28. The van der Waals surface area contributed by atoms with Crippen LogP contribution in [0.1, 0.15) is 11.1 Å². The summed E-state index contributed by atoms with van der Waals surface area (Å²) in [5.41, 5.74) is 1.57. The third kappa shape index (κ3) is 6.87. The van der Waals surface area contributed by atoms with Crippen LogP contribution in [0.15, 0.2) is 49.6 Å². The molecule has 0 aliphatic heterocycles. The Kier molecular flexibility index (Phi) is 10.7. The number of aromatic hydroxyl groups is 2. The minimum atomic E-state index is -0.420. The van der Waals surface area contributed by atoms with E-state index in [-0.39, 0.29) is 42.5 Å². The number of hydrogen-bond donors (Lipinski definition) is 2. The normalized spacial score (nSPS) is 9.26. The van der Waals surface area contributed by atoms with Crippen molar-refractivity contribution in [1.29, 1.82) is 0 Å². The SMILES string of the molecule is C=CCc1cc([O-])c(O)c(OC)c1.C=CCc1cc([O-])c(O)c(OC)c1.[Zn+2]. The van der Waals surface area contributed by atoms with Crippen LogP contribution in [-0.2, 0) is 32.3 Å². The van der Waals surface area contributed by atoms with E-state index < -0.39 is 11.5 Å². The smallest absolute Gasteiger partial charge is 0.870 e. The molecule has 0 unspecified atom stereocenters. The molecule has 0 bridgehead atoms. The molecule has 0 spiro atoms. The van der Waals surface area contributed by atoms with Crippen molar-refractivity contribution in [2.45, 2.75) is 12.8 Å². The molecule has 0 fully saturated rings. The monoisotopic (exact) mass is 422 g/mol. The van der Waals surface area contributed by atoms with E-state index in [1.165, 1.54) is 26.4 Å². The van der Waals surface area contributed by atoms with Crippen LogP contribution in [0.5, 0.6) is 34.5 Å². The number of phenolic OH excluding ortho intramolecular Hbond substituents is 2. The molecule has 0 aromatic heterocycles. The summed E-state index contributed by atoms with van der Waals surface area (Å²) in [5, 5.41) is 40.7. The van der Waals surface area contributed by atoms with Crippen LogP contribution in [0.3, 0.4) is 0 Å². The minimum Gasteiger partial charge on any atom is -0.870 e. The first kappa shape index (κ1) is 24.3. The summed E-state index contributed by atoms with van der Waals surface area (Å²) < 4.78 is 9.66. The van der Waals surface area contributed by atoms with Gasteiger partial charge in [-0.2, -0.15) is 0 Å². The van der Waals surface area contributed by atoms with Crippen LogP contribution < -0.4 is 19.7 Å². The summed E-state index contributed by atoms with van der Waals surface area (Å²) in [6, 6.07) is 6.00. The first-order valence-corrected chi connectivity index (χ1v) is 7.73. The van der Waals surface area contributed by atoms with Gasteiger partial charge in [-0.1, -0.05) is 35.8 Å². The number of rotatable bonds is 6. The van der Waals surface area contributed by atoms with Gasteiger partial charge < -0.3 is 29.9 Å².